The van der Waals surface area contributed by atoms with Gasteiger partial charge < -0.3 is 14.8 Å². The molecule has 0 aliphatic carbocycles. The number of rotatable bonds is 5. The lowest BCUT2D eigenvalue weighted by Gasteiger charge is -2.33. The highest BCUT2D eigenvalue weighted by Crippen LogP contribution is 2.15. The van der Waals surface area contributed by atoms with E-state index in [0.717, 1.165) is 25.1 Å². The Balaban J connectivity index is 1.52. The van der Waals surface area contributed by atoms with Crippen LogP contribution in [-0.2, 0) is 11.3 Å². The summed E-state index contributed by atoms with van der Waals surface area (Å²) in [6, 6.07) is 1.89. The molecule has 0 saturated carbocycles. The Bertz CT molecular complexity index is 742. The summed E-state index contributed by atoms with van der Waals surface area (Å²) in [6.07, 6.45) is 5.71. The molecule has 128 valence electrons. The maximum atomic E-state index is 12.2. The summed E-state index contributed by atoms with van der Waals surface area (Å²) in [5.41, 5.74) is 0.905. The molecule has 3 heterocycles. The summed E-state index contributed by atoms with van der Waals surface area (Å²) in [6.45, 7) is 3.93. The van der Waals surface area contributed by atoms with E-state index in [2.05, 4.69) is 20.2 Å². The predicted octanol–water partition coefficient (Wildman–Crippen LogP) is 1.18. The van der Waals surface area contributed by atoms with E-state index < -0.39 is 0 Å². The van der Waals surface area contributed by atoms with Gasteiger partial charge in [0.15, 0.2) is 0 Å². The molecule has 2 aromatic heterocycles. The Labute approximate surface area is 144 Å². The van der Waals surface area contributed by atoms with Crippen molar-refractivity contribution in [2.24, 2.45) is 0 Å². The highest BCUT2D eigenvalue weighted by molar-refractivity contribution is 7.07. The maximum Gasteiger partial charge on any atom is 0.307 e. The number of nitrogens with zero attached hydrogens (tertiary/aromatic N) is 4. The van der Waals surface area contributed by atoms with Crippen LogP contribution in [0.5, 0.6) is 0 Å². The fourth-order valence-electron chi connectivity index (χ4n) is 2.92. The van der Waals surface area contributed by atoms with Gasteiger partial charge in [-0.05, 0) is 25.8 Å². The smallest absolute Gasteiger partial charge is 0.307 e. The molecule has 8 heteroatoms. The van der Waals surface area contributed by atoms with Crippen LogP contribution in [0.2, 0.25) is 0 Å². The number of aromatic nitrogens is 3. The molecular weight excluding hydrogens is 326 g/mol. The molecule has 1 amide bonds. The Morgan fingerprint density at radius 1 is 1.42 bits per heavy atom. The van der Waals surface area contributed by atoms with Gasteiger partial charge in [0.2, 0.25) is 11.9 Å². The number of carbonyl (C=O) groups is 1. The molecule has 24 heavy (non-hydrogen) atoms. The van der Waals surface area contributed by atoms with Crippen molar-refractivity contribution in [3.63, 3.8) is 0 Å². The van der Waals surface area contributed by atoms with Gasteiger partial charge in [-0.1, -0.05) is 11.3 Å². The minimum atomic E-state index is -0.0201. The quantitative estimate of drug-likeness (QED) is 0.879. The van der Waals surface area contributed by atoms with Gasteiger partial charge in [0.05, 0.1) is 0 Å². The molecular formula is C16H21N5O2S. The van der Waals surface area contributed by atoms with Gasteiger partial charge >= 0.3 is 4.87 Å². The number of nitrogens with one attached hydrogen (secondary N) is 1. The molecule has 3 rings (SSSR count). The molecule has 1 aliphatic heterocycles. The zero-order valence-corrected chi connectivity index (χ0v) is 14.5. The summed E-state index contributed by atoms with van der Waals surface area (Å²) in [7, 11) is 0. The molecule has 0 aromatic carbocycles. The maximum absolute atomic E-state index is 12.2. The van der Waals surface area contributed by atoms with Crippen LogP contribution in [0.3, 0.4) is 0 Å². The van der Waals surface area contributed by atoms with Crippen LogP contribution in [0.25, 0.3) is 0 Å². The number of carbonyl (C=O) groups excluding carboxylic acids is 1. The third kappa shape index (κ3) is 4.00. The second-order valence-electron chi connectivity index (χ2n) is 5.95. The highest BCUT2D eigenvalue weighted by Gasteiger charge is 2.22. The SMILES string of the molecule is Cc1csc(=O)n1CCC(=O)N[C@H]1CCCN(c2ncccn2)C1. The zero-order chi connectivity index (χ0) is 16.9. The number of hydrogen-bond acceptors (Lipinski definition) is 6. The third-order valence-corrected chi connectivity index (χ3v) is 5.04. The van der Waals surface area contributed by atoms with Crippen LogP contribution >= 0.6 is 11.3 Å². The van der Waals surface area contributed by atoms with Crippen molar-refractivity contribution >= 4 is 23.2 Å². The third-order valence-electron chi connectivity index (χ3n) is 4.16. The van der Waals surface area contributed by atoms with Gasteiger partial charge in [0, 0.05) is 55.6 Å². The van der Waals surface area contributed by atoms with E-state index in [1.54, 1.807) is 23.0 Å². The van der Waals surface area contributed by atoms with Gasteiger partial charge in [-0.2, -0.15) is 0 Å². The Morgan fingerprint density at radius 3 is 2.92 bits per heavy atom. The van der Waals surface area contributed by atoms with Crippen LogP contribution in [0.15, 0.2) is 28.6 Å². The van der Waals surface area contributed by atoms with Gasteiger partial charge in [0.1, 0.15) is 0 Å². The zero-order valence-electron chi connectivity index (χ0n) is 13.6. The standard InChI is InChI=1S/C16H21N5O2S/c1-12-11-24-16(23)21(12)9-5-14(22)19-13-4-2-8-20(10-13)15-17-6-3-7-18-15/h3,6-7,11,13H,2,4-5,8-10H2,1H3,(H,19,22)/t13-/m0/s1. The van der Waals surface area contributed by atoms with Crippen molar-refractivity contribution in [2.75, 3.05) is 18.0 Å². The Morgan fingerprint density at radius 2 is 2.21 bits per heavy atom. The molecule has 7 nitrogen and oxygen atoms in total. The largest absolute Gasteiger partial charge is 0.352 e. The highest BCUT2D eigenvalue weighted by atomic mass is 32.1. The molecule has 1 atom stereocenters. The van der Waals surface area contributed by atoms with Crippen molar-refractivity contribution in [3.05, 3.63) is 39.2 Å². The molecule has 0 radical (unpaired) electrons. The van der Waals surface area contributed by atoms with E-state index in [1.807, 2.05) is 12.3 Å². The first kappa shape index (κ1) is 16.6. The molecule has 1 saturated heterocycles. The number of amides is 1. The lowest BCUT2D eigenvalue weighted by atomic mass is 10.1. The number of anilines is 1. The lowest BCUT2D eigenvalue weighted by molar-refractivity contribution is -0.122. The average molecular weight is 347 g/mol. The molecule has 2 aromatic rings. The van der Waals surface area contributed by atoms with Gasteiger partial charge in [0.25, 0.3) is 0 Å². The van der Waals surface area contributed by atoms with E-state index in [-0.39, 0.29) is 16.8 Å². The molecule has 0 spiro atoms. The summed E-state index contributed by atoms with van der Waals surface area (Å²) in [4.78, 5) is 34.5. The van der Waals surface area contributed by atoms with E-state index in [0.29, 0.717) is 25.5 Å². The van der Waals surface area contributed by atoms with Crippen molar-refractivity contribution < 1.29 is 4.79 Å². The first-order chi connectivity index (χ1) is 11.6. The normalized spacial score (nSPS) is 17.7. The molecule has 1 N–H and O–H groups in total. The summed E-state index contributed by atoms with van der Waals surface area (Å²) in [5, 5.41) is 4.89. The van der Waals surface area contributed by atoms with Crippen LogP contribution < -0.4 is 15.1 Å². The van der Waals surface area contributed by atoms with E-state index in [9.17, 15) is 9.59 Å². The van der Waals surface area contributed by atoms with Crippen molar-refractivity contribution in [2.45, 2.75) is 38.8 Å². The first-order valence-corrected chi connectivity index (χ1v) is 8.97. The van der Waals surface area contributed by atoms with Gasteiger partial charge in [-0.15, -0.1) is 0 Å². The Hall–Kier alpha value is -2.22. The topological polar surface area (TPSA) is 80.1 Å². The van der Waals surface area contributed by atoms with Crippen molar-refractivity contribution in [1.82, 2.24) is 19.9 Å². The fraction of sp³-hybridized carbons (Fsp3) is 0.500. The van der Waals surface area contributed by atoms with Crippen LogP contribution in [-0.4, -0.2) is 39.6 Å². The average Bonchev–Trinajstić information content (AvgIpc) is 2.92. The minimum absolute atomic E-state index is 0.00892. The minimum Gasteiger partial charge on any atom is -0.352 e. The number of thiazole rings is 1. The molecule has 1 aliphatic rings. The Kier molecular flexibility index (Phi) is 5.24. The number of aryl methyl sites for hydroxylation is 1. The van der Waals surface area contributed by atoms with E-state index in [1.165, 1.54) is 11.3 Å². The fourth-order valence-corrected chi connectivity index (χ4v) is 3.68. The monoisotopic (exact) mass is 347 g/mol. The second-order valence-corrected chi connectivity index (χ2v) is 6.77. The molecule has 0 bridgehead atoms. The van der Waals surface area contributed by atoms with Crippen molar-refractivity contribution in [1.29, 1.82) is 0 Å². The lowest BCUT2D eigenvalue weighted by Crippen LogP contribution is -2.48. The number of piperidine rings is 1. The van der Waals surface area contributed by atoms with Gasteiger partial charge in [-0.3, -0.25) is 9.59 Å². The second kappa shape index (κ2) is 7.57. The van der Waals surface area contributed by atoms with Crippen LogP contribution in [0.4, 0.5) is 5.95 Å². The summed E-state index contributed by atoms with van der Waals surface area (Å²) >= 11 is 1.17. The molecule has 1 fully saturated rings. The van der Waals surface area contributed by atoms with E-state index in [4.69, 9.17) is 0 Å². The van der Waals surface area contributed by atoms with Crippen molar-refractivity contribution in [3.8, 4) is 0 Å². The first-order valence-electron chi connectivity index (χ1n) is 8.10. The summed E-state index contributed by atoms with van der Waals surface area (Å²) < 4.78 is 1.65. The van der Waals surface area contributed by atoms with Crippen LogP contribution in [0, 0.1) is 6.92 Å². The predicted molar refractivity (Wildman–Crippen MR) is 93.3 cm³/mol. The van der Waals surface area contributed by atoms with Gasteiger partial charge in [-0.25, -0.2) is 9.97 Å². The number of hydrogen-bond donors (Lipinski definition) is 1. The summed E-state index contributed by atoms with van der Waals surface area (Å²) in [5.74, 6) is 0.685. The van der Waals surface area contributed by atoms with E-state index >= 15 is 0 Å². The molecule has 0 unspecified atom stereocenters. The van der Waals surface area contributed by atoms with Crippen LogP contribution in [0.1, 0.15) is 25.0 Å².